The standard InChI is InChI=1S/C27H29N7O3.ClH/c1-37-20-6-7-23-21(12-20)22(15-31-23)25(33-14-17-2-4-19(5-3-17)26(28)29)27(36)34-16-24(35)32-13-18-8-10-30-11-9-18;/h2-12,15,25,31,33H,13-14,16H2,1H3,(H3,28,29)(H,32,35)(H,34,36);1H. The molecule has 0 saturated heterocycles. The van der Waals surface area contributed by atoms with Crippen molar-refractivity contribution in [2.75, 3.05) is 13.7 Å². The number of rotatable bonds is 11. The molecule has 2 aromatic carbocycles. The second-order valence-corrected chi connectivity index (χ2v) is 8.43. The molecule has 1 atom stereocenters. The van der Waals surface area contributed by atoms with Crippen molar-refractivity contribution in [3.8, 4) is 5.75 Å². The number of ether oxygens (including phenoxy) is 1. The molecule has 0 fully saturated rings. The van der Waals surface area contributed by atoms with E-state index in [-0.39, 0.29) is 36.6 Å². The molecule has 11 heteroatoms. The van der Waals surface area contributed by atoms with E-state index in [1.165, 1.54) is 0 Å². The topological polar surface area (TPSA) is 158 Å². The lowest BCUT2D eigenvalue weighted by Gasteiger charge is -2.19. The number of pyridine rings is 1. The summed E-state index contributed by atoms with van der Waals surface area (Å²) < 4.78 is 5.37. The van der Waals surface area contributed by atoms with E-state index in [1.807, 2.05) is 42.5 Å². The highest BCUT2D eigenvalue weighted by Gasteiger charge is 2.24. The van der Waals surface area contributed by atoms with Gasteiger partial charge in [0.15, 0.2) is 0 Å². The van der Waals surface area contributed by atoms with Crippen LogP contribution in [-0.4, -0.2) is 41.3 Å². The number of fused-ring (bicyclic) bond motifs is 1. The zero-order valence-corrected chi connectivity index (χ0v) is 21.6. The minimum atomic E-state index is -0.749. The van der Waals surface area contributed by atoms with Crippen LogP contribution >= 0.6 is 12.4 Å². The van der Waals surface area contributed by atoms with Crippen LogP contribution in [0.4, 0.5) is 0 Å². The molecular weight excluding hydrogens is 506 g/mol. The monoisotopic (exact) mass is 535 g/mol. The highest BCUT2D eigenvalue weighted by molar-refractivity contribution is 5.95. The van der Waals surface area contributed by atoms with Crippen molar-refractivity contribution in [2.24, 2.45) is 5.73 Å². The quantitative estimate of drug-likeness (QED) is 0.128. The van der Waals surface area contributed by atoms with Crippen molar-refractivity contribution in [2.45, 2.75) is 19.1 Å². The average molecular weight is 536 g/mol. The molecule has 38 heavy (non-hydrogen) atoms. The Morgan fingerprint density at radius 1 is 1.03 bits per heavy atom. The molecule has 0 bridgehead atoms. The first-order chi connectivity index (χ1) is 17.9. The summed E-state index contributed by atoms with van der Waals surface area (Å²) in [5.74, 6) is 0.0157. The number of benzene rings is 2. The van der Waals surface area contributed by atoms with Gasteiger partial charge in [-0.05, 0) is 41.5 Å². The Balaban J connectivity index is 0.00000400. The second kappa shape index (κ2) is 13.2. The molecule has 4 aromatic rings. The summed E-state index contributed by atoms with van der Waals surface area (Å²) in [5, 5.41) is 17.2. The zero-order valence-electron chi connectivity index (χ0n) is 20.8. The van der Waals surface area contributed by atoms with Gasteiger partial charge in [0.2, 0.25) is 11.8 Å². The number of carbonyl (C=O) groups excluding carboxylic acids is 2. The fourth-order valence-electron chi connectivity index (χ4n) is 3.89. The number of halogens is 1. The summed E-state index contributed by atoms with van der Waals surface area (Å²) in [7, 11) is 1.59. The molecule has 0 saturated carbocycles. The minimum absolute atomic E-state index is 0. The van der Waals surface area contributed by atoms with Crippen LogP contribution < -0.4 is 26.4 Å². The van der Waals surface area contributed by atoms with Crippen LogP contribution in [0.3, 0.4) is 0 Å². The van der Waals surface area contributed by atoms with E-state index in [0.717, 1.165) is 27.6 Å². The molecule has 1 unspecified atom stereocenters. The number of nitrogens with two attached hydrogens (primary N) is 1. The maximum Gasteiger partial charge on any atom is 0.242 e. The van der Waals surface area contributed by atoms with E-state index in [4.69, 9.17) is 15.9 Å². The molecule has 0 aliphatic carbocycles. The van der Waals surface area contributed by atoms with Crippen LogP contribution in [0.15, 0.2) is 73.2 Å². The lowest BCUT2D eigenvalue weighted by Crippen LogP contribution is -2.42. The normalized spacial score (nSPS) is 11.3. The van der Waals surface area contributed by atoms with E-state index in [2.05, 4.69) is 25.9 Å². The smallest absolute Gasteiger partial charge is 0.242 e. The molecule has 2 aromatic heterocycles. The number of amides is 2. The number of nitrogen functional groups attached to an aromatic ring is 1. The Bertz CT molecular complexity index is 1390. The van der Waals surface area contributed by atoms with E-state index in [9.17, 15) is 9.59 Å². The van der Waals surface area contributed by atoms with E-state index < -0.39 is 6.04 Å². The molecule has 0 spiro atoms. The SMILES string of the molecule is COc1ccc2[nH]cc(C(NCc3ccc(C(=N)N)cc3)C(=O)NCC(=O)NCc3ccncc3)c2c1.Cl. The van der Waals surface area contributed by atoms with Crippen molar-refractivity contribution in [1.29, 1.82) is 5.41 Å². The summed E-state index contributed by atoms with van der Waals surface area (Å²) in [5.41, 5.74) is 9.58. The van der Waals surface area contributed by atoms with Crippen LogP contribution in [-0.2, 0) is 22.7 Å². The largest absolute Gasteiger partial charge is 0.497 e. The van der Waals surface area contributed by atoms with E-state index in [1.54, 1.807) is 37.8 Å². The summed E-state index contributed by atoms with van der Waals surface area (Å²) in [6.07, 6.45) is 5.09. The van der Waals surface area contributed by atoms with Gasteiger partial charge in [0.25, 0.3) is 0 Å². The van der Waals surface area contributed by atoms with Gasteiger partial charge in [-0.1, -0.05) is 24.3 Å². The average Bonchev–Trinajstić information content (AvgIpc) is 3.34. The number of nitrogens with zero attached hydrogens (tertiary/aromatic N) is 1. The fraction of sp³-hybridized carbons (Fsp3) is 0.185. The molecular formula is C27H30ClN7O3. The van der Waals surface area contributed by atoms with Gasteiger partial charge in [-0.2, -0.15) is 0 Å². The van der Waals surface area contributed by atoms with Crippen LogP contribution in [0, 0.1) is 5.41 Å². The van der Waals surface area contributed by atoms with Gasteiger partial charge in [0.1, 0.15) is 17.6 Å². The third-order valence-electron chi connectivity index (χ3n) is 5.93. The van der Waals surface area contributed by atoms with Crippen molar-refractivity contribution in [3.63, 3.8) is 0 Å². The number of amidine groups is 1. The molecule has 2 amide bonds. The summed E-state index contributed by atoms with van der Waals surface area (Å²) in [6.45, 7) is 0.555. The van der Waals surface area contributed by atoms with Crippen LogP contribution in [0.1, 0.15) is 28.3 Å². The number of carbonyl (C=O) groups is 2. The Morgan fingerprint density at radius 3 is 2.42 bits per heavy atom. The van der Waals surface area contributed by atoms with Gasteiger partial charge in [0, 0.05) is 53.7 Å². The van der Waals surface area contributed by atoms with E-state index >= 15 is 0 Å². The van der Waals surface area contributed by atoms with Gasteiger partial charge in [-0.15, -0.1) is 12.4 Å². The molecule has 0 radical (unpaired) electrons. The first-order valence-electron chi connectivity index (χ1n) is 11.7. The van der Waals surface area contributed by atoms with Crippen LogP contribution in [0.5, 0.6) is 5.75 Å². The molecule has 0 aliphatic heterocycles. The van der Waals surface area contributed by atoms with Crippen LogP contribution in [0.25, 0.3) is 10.9 Å². The van der Waals surface area contributed by atoms with E-state index in [0.29, 0.717) is 24.4 Å². The van der Waals surface area contributed by atoms with Gasteiger partial charge in [-0.25, -0.2) is 0 Å². The highest BCUT2D eigenvalue weighted by atomic mass is 35.5. The fourth-order valence-corrected chi connectivity index (χ4v) is 3.89. The molecule has 7 N–H and O–H groups in total. The van der Waals surface area contributed by atoms with Gasteiger partial charge >= 0.3 is 0 Å². The van der Waals surface area contributed by atoms with Gasteiger partial charge in [0.05, 0.1) is 13.7 Å². The number of hydrogen-bond acceptors (Lipinski definition) is 6. The Kier molecular flexibility index (Phi) is 9.80. The summed E-state index contributed by atoms with van der Waals surface area (Å²) in [6, 6.07) is 15.7. The lowest BCUT2D eigenvalue weighted by atomic mass is 10.0. The second-order valence-electron chi connectivity index (χ2n) is 8.43. The van der Waals surface area contributed by atoms with Crippen molar-refractivity contribution >= 4 is 41.0 Å². The van der Waals surface area contributed by atoms with Crippen molar-refractivity contribution in [3.05, 3.63) is 95.4 Å². The summed E-state index contributed by atoms with van der Waals surface area (Å²) in [4.78, 5) is 32.9. The first-order valence-corrected chi connectivity index (χ1v) is 11.7. The summed E-state index contributed by atoms with van der Waals surface area (Å²) >= 11 is 0. The number of aromatic amines is 1. The minimum Gasteiger partial charge on any atom is -0.497 e. The number of aromatic nitrogens is 2. The first kappa shape index (κ1) is 28.2. The number of H-pyrrole nitrogens is 1. The molecule has 10 nitrogen and oxygen atoms in total. The number of nitrogens with one attached hydrogen (secondary N) is 5. The Labute approximate surface area is 226 Å². The lowest BCUT2D eigenvalue weighted by molar-refractivity contribution is -0.127. The number of methoxy groups -OCH3 is 1. The van der Waals surface area contributed by atoms with Crippen LogP contribution in [0.2, 0.25) is 0 Å². The molecule has 198 valence electrons. The molecule has 2 heterocycles. The zero-order chi connectivity index (χ0) is 26.2. The predicted molar refractivity (Wildman–Crippen MR) is 148 cm³/mol. The third kappa shape index (κ3) is 7.09. The van der Waals surface area contributed by atoms with Crippen molar-refractivity contribution in [1.82, 2.24) is 25.9 Å². The molecule has 4 rings (SSSR count). The van der Waals surface area contributed by atoms with Gasteiger partial charge in [-0.3, -0.25) is 25.3 Å². The Hall–Kier alpha value is -4.41. The van der Waals surface area contributed by atoms with Crippen molar-refractivity contribution < 1.29 is 14.3 Å². The highest BCUT2D eigenvalue weighted by Crippen LogP contribution is 2.28. The molecule has 0 aliphatic rings. The maximum atomic E-state index is 13.3. The van der Waals surface area contributed by atoms with Gasteiger partial charge < -0.3 is 26.1 Å². The Morgan fingerprint density at radius 2 is 1.74 bits per heavy atom. The number of hydrogen-bond donors (Lipinski definition) is 6. The predicted octanol–water partition coefficient (Wildman–Crippen LogP) is 2.54. The maximum absolute atomic E-state index is 13.3. The third-order valence-corrected chi connectivity index (χ3v) is 5.93.